The van der Waals surface area contributed by atoms with Gasteiger partial charge in [0.1, 0.15) is 17.6 Å². The zero-order valence-electron chi connectivity index (χ0n) is 16.1. The van der Waals surface area contributed by atoms with Gasteiger partial charge in [-0.2, -0.15) is 0 Å². The van der Waals surface area contributed by atoms with E-state index in [0.717, 1.165) is 22.1 Å². The SMILES string of the molecule is COc1ccc2cc(/C=C/c3ccnc(-c4cccc([N+](=O)[O-])c4)[n+]3[O-])ccc2c1. The highest BCUT2D eigenvalue weighted by molar-refractivity contribution is 5.87. The van der Waals surface area contributed by atoms with Gasteiger partial charge in [-0.25, -0.2) is 4.73 Å². The molecule has 0 atom stereocenters. The van der Waals surface area contributed by atoms with E-state index in [9.17, 15) is 15.3 Å². The number of methoxy groups -OCH3 is 1. The predicted octanol–water partition coefficient (Wildman–Crippen LogP) is 4.62. The molecular formula is C23H17N3O4. The minimum absolute atomic E-state index is 0.0944. The Hall–Kier alpha value is -4.26. The molecule has 0 saturated heterocycles. The maximum Gasteiger partial charge on any atom is 0.333 e. The third kappa shape index (κ3) is 3.81. The number of ether oxygens (including phenoxy) is 1. The molecule has 0 aliphatic heterocycles. The molecule has 0 bridgehead atoms. The number of rotatable bonds is 5. The van der Waals surface area contributed by atoms with Crippen LogP contribution < -0.4 is 9.47 Å². The van der Waals surface area contributed by atoms with Crippen LogP contribution in [0.15, 0.2) is 72.9 Å². The molecule has 4 aromatic rings. The van der Waals surface area contributed by atoms with Crippen molar-refractivity contribution in [2.45, 2.75) is 0 Å². The lowest BCUT2D eigenvalue weighted by Gasteiger charge is -2.09. The summed E-state index contributed by atoms with van der Waals surface area (Å²) in [4.78, 5) is 14.6. The van der Waals surface area contributed by atoms with Crippen molar-refractivity contribution in [2.24, 2.45) is 0 Å². The molecule has 30 heavy (non-hydrogen) atoms. The minimum Gasteiger partial charge on any atom is -0.710 e. The van der Waals surface area contributed by atoms with Crippen molar-refractivity contribution in [1.82, 2.24) is 4.98 Å². The van der Waals surface area contributed by atoms with E-state index >= 15 is 0 Å². The van der Waals surface area contributed by atoms with Gasteiger partial charge in [-0.05, 0) is 51.7 Å². The number of nitro benzene ring substituents is 1. The predicted molar refractivity (Wildman–Crippen MR) is 115 cm³/mol. The van der Waals surface area contributed by atoms with Crippen LogP contribution >= 0.6 is 0 Å². The number of nitro groups is 1. The summed E-state index contributed by atoms with van der Waals surface area (Å²) in [5.41, 5.74) is 1.60. The van der Waals surface area contributed by atoms with Crippen LogP contribution in [-0.4, -0.2) is 17.0 Å². The van der Waals surface area contributed by atoms with E-state index in [4.69, 9.17) is 4.74 Å². The van der Waals surface area contributed by atoms with E-state index in [-0.39, 0.29) is 11.5 Å². The quantitative estimate of drug-likeness (QED) is 0.211. The van der Waals surface area contributed by atoms with Gasteiger partial charge in [-0.3, -0.25) is 10.1 Å². The van der Waals surface area contributed by atoms with Crippen LogP contribution in [0.5, 0.6) is 5.75 Å². The van der Waals surface area contributed by atoms with Crippen molar-refractivity contribution in [3.63, 3.8) is 0 Å². The van der Waals surface area contributed by atoms with Crippen LogP contribution in [-0.2, 0) is 0 Å². The molecule has 0 saturated carbocycles. The molecule has 7 nitrogen and oxygen atoms in total. The van der Waals surface area contributed by atoms with Crippen molar-refractivity contribution in [3.8, 4) is 17.1 Å². The fraction of sp³-hybridized carbons (Fsp3) is 0.0435. The van der Waals surface area contributed by atoms with Gasteiger partial charge in [0.25, 0.3) is 5.69 Å². The summed E-state index contributed by atoms with van der Waals surface area (Å²) in [7, 11) is 1.63. The Balaban J connectivity index is 1.66. The molecule has 0 spiro atoms. The van der Waals surface area contributed by atoms with E-state index in [1.165, 1.54) is 24.4 Å². The first-order valence-corrected chi connectivity index (χ1v) is 9.14. The summed E-state index contributed by atoms with van der Waals surface area (Å²) in [6.45, 7) is 0. The first-order chi connectivity index (χ1) is 14.5. The number of aromatic nitrogens is 2. The molecule has 4 rings (SSSR count). The van der Waals surface area contributed by atoms with Gasteiger partial charge in [0.15, 0.2) is 0 Å². The fourth-order valence-corrected chi connectivity index (χ4v) is 3.15. The Morgan fingerprint density at radius 3 is 2.60 bits per heavy atom. The van der Waals surface area contributed by atoms with E-state index in [1.807, 2.05) is 42.5 Å². The third-order valence-corrected chi connectivity index (χ3v) is 4.70. The standard InChI is InChI=1S/C23H17N3O4/c1-30-22-10-8-17-13-16(5-7-18(17)15-22)6-9-20-11-12-24-23(25(20)27)19-3-2-4-21(14-19)26(28)29/h2-15H,1H3/b9-6+. The van der Waals surface area contributed by atoms with Crippen LogP contribution in [0.1, 0.15) is 11.3 Å². The topological polar surface area (TPSA) is 92.2 Å². The highest BCUT2D eigenvalue weighted by Gasteiger charge is 2.16. The molecule has 148 valence electrons. The Morgan fingerprint density at radius 2 is 1.80 bits per heavy atom. The summed E-state index contributed by atoms with van der Waals surface area (Å²) < 4.78 is 5.91. The first-order valence-electron chi connectivity index (χ1n) is 9.14. The van der Waals surface area contributed by atoms with E-state index in [1.54, 1.807) is 25.3 Å². The summed E-state index contributed by atoms with van der Waals surface area (Å²) in [5.74, 6) is 0.898. The van der Waals surface area contributed by atoms with Crippen LogP contribution in [0.3, 0.4) is 0 Å². The number of benzene rings is 3. The molecule has 0 amide bonds. The van der Waals surface area contributed by atoms with Gasteiger partial charge >= 0.3 is 5.82 Å². The molecule has 0 N–H and O–H groups in total. The molecular weight excluding hydrogens is 382 g/mol. The first kappa shape index (κ1) is 19.1. The van der Waals surface area contributed by atoms with Crippen LogP contribution in [0.2, 0.25) is 0 Å². The van der Waals surface area contributed by atoms with Crippen LogP contribution in [0.4, 0.5) is 5.69 Å². The smallest absolute Gasteiger partial charge is 0.333 e. The highest BCUT2D eigenvalue weighted by atomic mass is 16.6. The van der Waals surface area contributed by atoms with Crippen LogP contribution in [0, 0.1) is 15.3 Å². The van der Waals surface area contributed by atoms with Crippen molar-refractivity contribution < 1.29 is 14.4 Å². The number of non-ortho nitro benzene ring substituents is 1. The number of fused-ring (bicyclic) bond motifs is 1. The Morgan fingerprint density at radius 1 is 1.00 bits per heavy atom. The summed E-state index contributed by atoms with van der Waals surface area (Å²) in [5, 5.41) is 25.9. The second-order valence-electron chi connectivity index (χ2n) is 6.60. The lowest BCUT2D eigenvalue weighted by molar-refractivity contribution is -0.598. The van der Waals surface area contributed by atoms with E-state index in [2.05, 4.69) is 4.98 Å². The molecule has 1 aromatic heterocycles. The number of hydrogen-bond acceptors (Lipinski definition) is 5. The lowest BCUT2D eigenvalue weighted by Crippen LogP contribution is -2.33. The molecule has 7 heteroatoms. The van der Waals surface area contributed by atoms with Gasteiger partial charge in [-0.1, -0.05) is 30.3 Å². The zero-order chi connectivity index (χ0) is 21.1. The average molecular weight is 399 g/mol. The molecule has 0 radical (unpaired) electrons. The Labute approximate surface area is 172 Å². The number of hydrogen-bond donors (Lipinski definition) is 0. The molecule has 1 heterocycles. The van der Waals surface area contributed by atoms with Gasteiger partial charge < -0.3 is 9.94 Å². The monoisotopic (exact) mass is 399 g/mol. The third-order valence-electron chi connectivity index (χ3n) is 4.70. The summed E-state index contributed by atoms with van der Waals surface area (Å²) in [6, 6.07) is 19.2. The normalized spacial score (nSPS) is 11.1. The number of nitrogens with zero attached hydrogens (tertiary/aromatic N) is 3. The molecule has 0 fully saturated rings. The summed E-state index contributed by atoms with van der Waals surface area (Å²) >= 11 is 0. The van der Waals surface area contributed by atoms with Crippen molar-refractivity contribution in [2.75, 3.05) is 7.11 Å². The van der Waals surface area contributed by atoms with E-state index < -0.39 is 4.92 Å². The Kier molecular flexibility index (Phi) is 5.09. The van der Waals surface area contributed by atoms with Gasteiger partial charge in [0, 0.05) is 18.2 Å². The fourth-order valence-electron chi connectivity index (χ4n) is 3.15. The minimum atomic E-state index is -0.502. The maximum absolute atomic E-state index is 12.8. The van der Waals surface area contributed by atoms with Gasteiger partial charge in [0.2, 0.25) is 0 Å². The van der Waals surface area contributed by atoms with Crippen LogP contribution in [0.25, 0.3) is 34.3 Å². The average Bonchev–Trinajstić information content (AvgIpc) is 2.78. The second kappa shape index (κ2) is 8.00. The van der Waals surface area contributed by atoms with Gasteiger partial charge in [-0.15, -0.1) is 0 Å². The molecule has 3 aromatic carbocycles. The van der Waals surface area contributed by atoms with Crippen molar-refractivity contribution in [3.05, 3.63) is 99.5 Å². The second-order valence-corrected chi connectivity index (χ2v) is 6.60. The molecule has 0 unspecified atom stereocenters. The maximum atomic E-state index is 12.8. The van der Waals surface area contributed by atoms with Gasteiger partial charge in [0.05, 0.1) is 17.6 Å². The van der Waals surface area contributed by atoms with Crippen molar-refractivity contribution >= 4 is 28.6 Å². The molecule has 0 aliphatic rings. The van der Waals surface area contributed by atoms with Crippen molar-refractivity contribution in [1.29, 1.82) is 0 Å². The molecule has 0 aliphatic carbocycles. The summed E-state index contributed by atoms with van der Waals surface area (Å²) in [6.07, 6.45) is 5.04. The Bertz CT molecular complexity index is 1280. The lowest BCUT2D eigenvalue weighted by atomic mass is 10.1. The largest absolute Gasteiger partial charge is 0.710 e. The van der Waals surface area contributed by atoms with E-state index in [0.29, 0.717) is 16.0 Å². The zero-order valence-corrected chi connectivity index (χ0v) is 16.1. The highest BCUT2D eigenvalue weighted by Crippen LogP contribution is 2.23.